The maximum absolute atomic E-state index is 12.7. The second-order valence-electron chi connectivity index (χ2n) is 6.69. The highest BCUT2D eigenvalue weighted by molar-refractivity contribution is 5.94. The fraction of sp³-hybridized carbons (Fsp3) is 0.632. The van der Waals surface area contributed by atoms with Gasteiger partial charge in [0, 0.05) is 44.9 Å². The van der Waals surface area contributed by atoms with Crippen molar-refractivity contribution in [1.29, 1.82) is 0 Å². The molecule has 1 amide bonds. The normalized spacial score (nSPS) is 25.5. The molecular weight excluding hydrogens is 304 g/mol. The fourth-order valence-corrected chi connectivity index (χ4v) is 3.97. The first kappa shape index (κ1) is 17.2. The molecule has 0 N–H and O–H groups in total. The Bertz CT molecular complexity index is 555. The SMILES string of the molecule is COc1cccc(C(=O)N2CCN([C@@H]3CCCC[C@H]3OC)CC2)c1. The lowest BCUT2D eigenvalue weighted by Crippen LogP contribution is -2.55. The second-order valence-corrected chi connectivity index (χ2v) is 6.69. The molecule has 1 aliphatic carbocycles. The fourth-order valence-electron chi connectivity index (χ4n) is 3.97. The van der Waals surface area contributed by atoms with E-state index in [1.165, 1.54) is 19.3 Å². The van der Waals surface area contributed by atoms with Crippen molar-refractivity contribution in [2.24, 2.45) is 0 Å². The van der Waals surface area contributed by atoms with E-state index in [1.807, 2.05) is 36.3 Å². The molecule has 0 unspecified atom stereocenters. The highest BCUT2D eigenvalue weighted by Gasteiger charge is 2.33. The van der Waals surface area contributed by atoms with Gasteiger partial charge in [-0.15, -0.1) is 0 Å². The molecule has 2 atom stereocenters. The van der Waals surface area contributed by atoms with Crippen molar-refractivity contribution in [3.05, 3.63) is 29.8 Å². The zero-order valence-corrected chi connectivity index (χ0v) is 14.7. The van der Waals surface area contributed by atoms with Gasteiger partial charge < -0.3 is 14.4 Å². The first-order chi connectivity index (χ1) is 11.7. The van der Waals surface area contributed by atoms with Crippen LogP contribution in [0.3, 0.4) is 0 Å². The number of carbonyl (C=O) groups excluding carboxylic acids is 1. The van der Waals surface area contributed by atoms with Crippen molar-refractivity contribution >= 4 is 5.91 Å². The summed E-state index contributed by atoms with van der Waals surface area (Å²) in [7, 11) is 3.45. The molecule has 1 aliphatic heterocycles. The smallest absolute Gasteiger partial charge is 0.254 e. The zero-order valence-electron chi connectivity index (χ0n) is 14.7. The highest BCUT2D eigenvalue weighted by atomic mass is 16.5. The molecule has 132 valence electrons. The van der Waals surface area contributed by atoms with Gasteiger partial charge in [0.1, 0.15) is 5.75 Å². The van der Waals surface area contributed by atoms with Crippen LogP contribution in [0.4, 0.5) is 0 Å². The van der Waals surface area contributed by atoms with Crippen molar-refractivity contribution in [3.8, 4) is 5.75 Å². The van der Waals surface area contributed by atoms with E-state index in [4.69, 9.17) is 9.47 Å². The van der Waals surface area contributed by atoms with Gasteiger partial charge in [0.25, 0.3) is 5.91 Å². The van der Waals surface area contributed by atoms with Gasteiger partial charge in [0.05, 0.1) is 13.2 Å². The molecule has 1 aromatic carbocycles. The predicted octanol–water partition coefficient (Wildman–Crippen LogP) is 2.41. The van der Waals surface area contributed by atoms with Crippen LogP contribution >= 0.6 is 0 Å². The summed E-state index contributed by atoms with van der Waals surface area (Å²) in [6, 6.07) is 7.92. The largest absolute Gasteiger partial charge is 0.497 e. The predicted molar refractivity (Wildman–Crippen MR) is 93.5 cm³/mol. The summed E-state index contributed by atoms with van der Waals surface area (Å²) in [6.07, 6.45) is 5.27. The van der Waals surface area contributed by atoms with Gasteiger partial charge in [-0.25, -0.2) is 0 Å². The van der Waals surface area contributed by atoms with Crippen LogP contribution in [0.2, 0.25) is 0 Å². The van der Waals surface area contributed by atoms with Crippen molar-refractivity contribution in [3.63, 3.8) is 0 Å². The molecule has 0 aromatic heterocycles. The molecule has 5 nitrogen and oxygen atoms in total. The molecule has 0 radical (unpaired) electrons. The Kier molecular flexibility index (Phi) is 5.74. The lowest BCUT2D eigenvalue weighted by Gasteiger charge is -2.43. The molecule has 1 aromatic rings. The number of nitrogens with zero attached hydrogens (tertiary/aromatic N) is 2. The van der Waals surface area contributed by atoms with Crippen LogP contribution in [-0.4, -0.2) is 68.3 Å². The number of amides is 1. The Hall–Kier alpha value is -1.59. The molecule has 1 heterocycles. The number of ether oxygens (including phenoxy) is 2. The van der Waals surface area contributed by atoms with E-state index in [9.17, 15) is 4.79 Å². The Balaban J connectivity index is 1.59. The number of piperazine rings is 1. The zero-order chi connectivity index (χ0) is 16.9. The van der Waals surface area contributed by atoms with E-state index < -0.39 is 0 Å². The molecule has 2 fully saturated rings. The van der Waals surface area contributed by atoms with Crippen LogP contribution in [0.1, 0.15) is 36.0 Å². The number of hydrogen-bond donors (Lipinski definition) is 0. The van der Waals surface area contributed by atoms with Crippen molar-refractivity contribution in [1.82, 2.24) is 9.80 Å². The number of methoxy groups -OCH3 is 2. The Morgan fingerprint density at radius 3 is 2.54 bits per heavy atom. The lowest BCUT2D eigenvalue weighted by atomic mass is 9.90. The summed E-state index contributed by atoms with van der Waals surface area (Å²) < 4.78 is 10.9. The van der Waals surface area contributed by atoms with E-state index in [0.717, 1.165) is 38.3 Å². The number of benzene rings is 1. The first-order valence-electron chi connectivity index (χ1n) is 8.93. The van der Waals surface area contributed by atoms with Gasteiger partial charge in [0.2, 0.25) is 0 Å². The standard InChI is InChI=1S/C19H28N2O3/c1-23-16-7-5-6-15(14-16)19(22)21-12-10-20(11-13-21)17-8-3-4-9-18(17)24-2/h5-7,14,17-18H,3-4,8-13H2,1-2H3/t17-,18-/m1/s1. The minimum absolute atomic E-state index is 0.0977. The molecular formula is C19H28N2O3. The number of rotatable bonds is 4. The van der Waals surface area contributed by atoms with Crippen LogP contribution in [-0.2, 0) is 4.74 Å². The number of carbonyl (C=O) groups is 1. The quantitative estimate of drug-likeness (QED) is 0.849. The third kappa shape index (κ3) is 3.73. The summed E-state index contributed by atoms with van der Waals surface area (Å²) in [5.74, 6) is 0.824. The summed E-state index contributed by atoms with van der Waals surface area (Å²) in [4.78, 5) is 17.2. The van der Waals surface area contributed by atoms with Gasteiger partial charge in [0.15, 0.2) is 0 Å². The van der Waals surface area contributed by atoms with Gasteiger partial charge >= 0.3 is 0 Å². The Morgan fingerprint density at radius 1 is 1.08 bits per heavy atom. The van der Waals surface area contributed by atoms with E-state index in [0.29, 0.717) is 17.7 Å². The average Bonchev–Trinajstić information content (AvgIpc) is 2.67. The summed E-state index contributed by atoms with van der Waals surface area (Å²) in [5, 5.41) is 0. The maximum atomic E-state index is 12.7. The van der Waals surface area contributed by atoms with Gasteiger partial charge in [-0.2, -0.15) is 0 Å². The molecule has 1 saturated carbocycles. The van der Waals surface area contributed by atoms with E-state index >= 15 is 0 Å². The van der Waals surface area contributed by atoms with Gasteiger partial charge in [-0.1, -0.05) is 18.9 Å². The topological polar surface area (TPSA) is 42.0 Å². The molecule has 1 saturated heterocycles. The van der Waals surface area contributed by atoms with Crippen LogP contribution < -0.4 is 4.74 Å². The van der Waals surface area contributed by atoms with Crippen LogP contribution in [0, 0.1) is 0 Å². The van der Waals surface area contributed by atoms with E-state index in [1.54, 1.807) is 7.11 Å². The second kappa shape index (κ2) is 7.99. The minimum atomic E-state index is 0.0977. The summed E-state index contributed by atoms with van der Waals surface area (Å²) >= 11 is 0. The molecule has 0 bridgehead atoms. The average molecular weight is 332 g/mol. The monoisotopic (exact) mass is 332 g/mol. The third-order valence-electron chi connectivity index (χ3n) is 5.36. The van der Waals surface area contributed by atoms with Crippen LogP contribution in [0.15, 0.2) is 24.3 Å². The molecule has 24 heavy (non-hydrogen) atoms. The van der Waals surface area contributed by atoms with Crippen LogP contribution in [0.25, 0.3) is 0 Å². The minimum Gasteiger partial charge on any atom is -0.497 e. The van der Waals surface area contributed by atoms with E-state index in [-0.39, 0.29) is 5.91 Å². The van der Waals surface area contributed by atoms with Crippen LogP contribution in [0.5, 0.6) is 5.75 Å². The summed E-state index contributed by atoms with van der Waals surface area (Å²) in [5.41, 5.74) is 0.704. The Labute approximate surface area is 144 Å². The van der Waals surface area contributed by atoms with Crippen molar-refractivity contribution in [2.45, 2.75) is 37.8 Å². The molecule has 3 rings (SSSR count). The van der Waals surface area contributed by atoms with Crippen molar-refractivity contribution < 1.29 is 14.3 Å². The summed E-state index contributed by atoms with van der Waals surface area (Å²) in [6.45, 7) is 3.42. The first-order valence-corrected chi connectivity index (χ1v) is 8.93. The molecule has 0 spiro atoms. The molecule has 2 aliphatic rings. The third-order valence-corrected chi connectivity index (χ3v) is 5.36. The van der Waals surface area contributed by atoms with E-state index in [2.05, 4.69) is 4.90 Å². The number of hydrogen-bond acceptors (Lipinski definition) is 4. The highest BCUT2D eigenvalue weighted by Crippen LogP contribution is 2.26. The van der Waals surface area contributed by atoms with Gasteiger partial charge in [-0.3, -0.25) is 9.69 Å². The maximum Gasteiger partial charge on any atom is 0.254 e. The van der Waals surface area contributed by atoms with Gasteiger partial charge in [-0.05, 0) is 31.0 Å². The molecule has 5 heteroatoms. The van der Waals surface area contributed by atoms with Crippen molar-refractivity contribution in [2.75, 3.05) is 40.4 Å². The lowest BCUT2D eigenvalue weighted by molar-refractivity contribution is -0.0249. The Morgan fingerprint density at radius 2 is 1.83 bits per heavy atom.